The van der Waals surface area contributed by atoms with Crippen LogP contribution in [0.4, 0.5) is 0 Å². The number of rotatable bonds is 12. The number of ether oxygens (including phenoxy) is 4. The second-order valence-electron chi connectivity index (χ2n) is 18.3. The molecule has 0 amide bonds. The van der Waals surface area contributed by atoms with Crippen LogP contribution in [0.15, 0.2) is 170 Å². The predicted molar refractivity (Wildman–Crippen MR) is 303 cm³/mol. The van der Waals surface area contributed by atoms with Crippen LogP contribution in [-0.4, -0.2) is 28.4 Å². The van der Waals surface area contributed by atoms with Gasteiger partial charge in [0.1, 0.15) is 23.0 Å². The van der Waals surface area contributed by atoms with E-state index < -0.39 is 0 Å². The van der Waals surface area contributed by atoms with Gasteiger partial charge in [-0.2, -0.15) is 21.0 Å². The van der Waals surface area contributed by atoms with Crippen LogP contribution in [0, 0.1) is 45.3 Å². The highest BCUT2D eigenvalue weighted by Gasteiger charge is 2.25. The van der Waals surface area contributed by atoms with Crippen LogP contribution < -0.4 is 18.9 Å². The zero-order valence-electron chi connectivity index (χ0n) is 42.7. The fourth-order valence-electron chi connectivity index (χ4n) is 10.1. The van der Waals surface area contributed by atoms with E-state index in [2.05, 4.69) is 24.3 Å². The van der Waals surface area contributed by atoms with Crippen molar-refractivity contribution in [1.29, 1.82) is 21.0 Å². The molecule has 76 heavy (non-hydrogen) atoms. The molecular weight excluding hydrogens is 937 g/mol. The maximum Gasteiger partial charge on any atom is 0.125 e. The molecule has 0 saturated heterocycles. The minimum absolute atomic E-state index is 0.268. The summed E-state index contributed by atoms with van der Waals surface area (Å²) in [6.07, 6.45) is 8.58. The van der Waals surface area contributed by atoms with Crippen LogP contribution in [-0.2, 0) is 25.7 Å². The second-order valence-corrected chi connectivity index (χ2v) is 18.3. The summed E-state index contributed by atoms with van der Waals surface area (Å²) in [7, 11) is 6.59. The van der Waals surface area contributed by atoms with Gasteiger partial charge in [-0.1, -0.05) is 121 Å². The molecule has 9 rings (SSSR count). The lowest BCUT2D eigenvalue weighted by Crippen LogP contribution is -2.09. The van der Waals surface area contributed by atoms with E-state index in [1.165, 1.54) is 0 Å². The van der Waals surface area contributed by atoms with Gasteiger partial charge in [-0.3, -0.25) is 0 Å². The van der Waals surface area contributed by atoms with Crippen molar-refractivity contribution in [3.63, 3.8) is 0 Å². The zero-order chi connectivity index (χ0) is 53.0. The molecule has 8 nitrogen and oxygen atoms in total. The first-order valence-corrected chi connectivity index (χ1v) is 24.7. The van der Waals surface area contributed by atoms with E-state index in [-0.39, 0.29) is 25.7 Å². The van der Waals surface area contributed by atoms with Crippen molar-refractivity contribution in [2.45, 2.75) is 25.7 Å². The van der Waals surface area contributed by atoms with Crippen molar-refractivity contribution in [3.8, 4) is 47.3 Å². The van der Waals surface area contributed by atoms with Gasteiger partial charge in [-0.15, -0.1) is 0 Å². The smallest absolute Gasteiger partial charge is 0.125 e. The highest BCUT2D eigenvalue weighted by atomic mass is 16.5. The average Bonchev–Trinajstić information content (AvgIpc) is 3.45. The van der Waals surface area contributed by atoms with E-state index in [4.69, 9.17) is 18.9 Å². The maximum absolute atomic E-state index is 10.9. The Bertz CT molecular complexity index is 3180. The molecular formula is C68H52N4O4. The molecule has 8 aromatic rings. The van der Waals surface area contributed by atoms with Crippen LogP contribution in [0.1, 0.15) is 89.0 Å². The summed E-state index contributed by atoms with van der Waals surface area (Å²) in [5, 5.41) is 43.6. The Morgan fingerprint density at radius 1 is 0.303 bits per heavy atom. The van der Waals surface area contributed by atoms with Crippen molar-refractivity contribution in [3.05, 3.63) is 259 Å². The molecule has 0 unspecified atom stereocenters. The quantitative estimate of drug-likeness (QED) is 0.0873. The van der Waals surface area contributed by atoms with Gasteiger partial charge in [-0.25, -0.2) is 0 Å². The number of benzene rings is 8. The number of nitriles is 4. The standard InChI is InChI=1S/C68H52N4O4/c1-73-65-53-29-49(61(41-69)25-45-17-9-5-10-18-45)30-54(65)38-56-32-51(63(43-71)27-47-21-13-7-14-22-47)34-58(67(56)75-3)40-60-36-52(64(44-72)28-48-23-15-8-16-24-48)35-59(68(60)76-4)39-57-33-50(31-55(37-53)66(57)74-2)62(42-70)26-46-19-11-6-12-20-46/h5-36H,37-40H2,1-4H3/b61-25-,62-26+,63-27+,64-28+. The fraction of sp³-hybridized carbons (Fsp3) is 0.118. The van der Waals surface area contributed by atoms with Gasteiger partial charge >= 0.3 is 0 Å². The minimum Gasteiger partial charge on any atom is -0.496 e. The highest BCUT2D eigenvalue weighted by molar-refractivity contribution is 5.93. The Hall–Kier alpha value is -10.1. The Morgan fingerprint density at radius 3 is 0.618 bits per heavy atom. The van der Waals surface area contributed by atoms with Crippen LogP contribution in [0.2, 0.25) is 0 Å². The van der Waals surface area contributed by atoms with E-state index in [0.29, 0.717) is 67.5 Å². The van der Waals surface area contributed by atoms with E-state index in [0.717, 1.165) is 66.8 Å². The van der Waals surface area contributed by atoms with Gasteiger partial charge in [0.15, 0.2) is 0 Å². The normalized spacial score (nSPS) is 12.5. The fourth-order valence-corrected chi connectivity index (χ4v) is 10.1. The Balaban J connectivity index is 1.38. The predicted octanol–water partition coefficient (Wildman–Crippen LogP) is 14.7. The summed E-state index contributed by atoms with van der Waals surface area (Å²) in [6.45, 7) is 0. The van der Waals surface area contributed by atoms with E-state index in [1.54, 1.807) is 28.4 Å². The average molecular weight is 989 g/mol. The molecule has 0 atom stereocenters. The molecule has 0 saturated carbocycles. The first-order chi connectivity index (χ1) is 37.3. The van der Waals surface area contributed by atoms with Gasteiger partial charge in [0.05, 0.1) is 75.0 Å². The van der Waals surface area contributed by atoms with Crippen LogP contribution in [0.3, 0.4) is 0 Å². The molecule has 0 aliphatic heterocycles. The first kappa shape index (κ1) is 50.8. The van der Waals surface area contributed by atoms with E-state index >= 15 is 0 Å². The van der Waals surface area contributed by atoms with Gasteiger partial charge < -0.3 is 18.9 Å². The monoisotopic (exact) mass is 988 g/mol. The molecule has 1 aliphatic rings. The summed E-state index contributed by atoms with van der Waals surface area (Å²) in [6, 6.07) is 64.9. The van der Waals surface area contributed by atoms with Crippen molar-refractivity contribution in [2.75, 3.05) is 28.4 Å². The molecule has 0 spiro atoms. The van der Waals surface area contributed by atoms with Crippen molar-refractivity contribution >= 4 is 46.6 Å². The van der Waals surface area contributed by atoms with Crippen molar-refractivity contribution < 1.29 is 18.9 Å². The van der Waals surface area contributed by atoms with Crippen molar-refractivity contribution in [1.82, 2.24) is 0 Å². The number of fused-ring (bicyclic) bond motifs is 8. The van der Waals surface area contributed by atoms with Crippen LogP contribution in [0.5, 0.6) is 23.0 Å². The largest absolute Gasteiger partial charge is 0.496 e. The molecule has 368 valence electrons. The summed E-state index contributed by atoms with van der Waals surface area (Å²) in [4.78, 5) is 0. The number of hydrogen-bond donors (Lipinski definition) is 0. The summed E-state index contributed by atoms with van der Waals surface area (Å²) < 4.78 is 25.8. The molecule has 0 fully saturated rings. The molecule has 8 bridgehead atoms. The maximum atomic E-state index is 10.9. The number of allylic oxidation sites excluding steroid dienone is 4. The summed E-state index contributed by atoms with van der Waals surface area (Å²) in [5.41, 5.74) is 14.1. The van der Waals surface area contributed by atoms with Gasteiger partial charge in [0.25, 0.3) is 0 Å². The second kappa shape index (κ2) is 23.6. The van der Waals surface area contributed by atoms with Crippen LogP contribution in [0.25, 0.3) is 46.6 Å². The first-order valence-electron chi connectivity index (χ1n) is 24.7. The Labute approximate surface area is 444 Å². The number of hydrogen-bond acceptors (Lipinski definition) is 8. The van der Waals surface area contributed by atoms with Gasteiger partial charge in [-0.05, 0) is 162 Å². The third-order valence-electron chi connectivity index (χ3n) is 13.5. The third kappa shape index (κ3) is 11.2. The topological polar surface area (TPSA) is 132 Å². The summed E-state index contributed by atoms with van der Waals surface area (Å²) in [5.74, 6) is 2.40. The zero-order valence-corrected chi connectivity index (χ0v) is 42.7. The lowest BCUT2D eigenvalue weighted by Gasteiger charge is -2.23. The third-order valence-corrected chi connectivity index (χ3v) is 13.5. The SMILES string of the molecule is COc1c2cc(/C(C#N)=C/c3ccccc3)cc1Cc1cc(/C(C#N)=C/c3ccccc3)cc(c1OC)Cc1cc(/C(C#N)=C\c3ccccc3)cc(c1OC)Cc1cc(/C(C#N)=C/c3ccccc3)cc(c1OC)C2. The molecule has 1 aliphatic carbocycles. The van der Waals surface area contributed by atoms with Gasteiger partial charge in [0.2, 0.25) is 0 Å². The number of nitrogens with zero attached hydrogens (tertiary/aromatic N) is 4. The van der Waals surface area contributed by atoms with Crippen molar-refractivity contribution in [2.24, 2.45) is 0 Å². The Morgan fingerprint density at radius 2 is 0.474 bits per heavy atom. The summed E-state index contributed by atoms with van der Waals surface area (Å²) >= 11 is 0. The molecule has 0 heterocycles. The lowest BCUT2D eigenvalue weighted by molar-refractivity contribution is 0.395. The van der Waals surface area contributed by atoms with E-state index in [9.17, 15) is 21.0 Å². The van der Waals surface area contributed by atoms with E-state index in [1.807, 2.05) is 194 Å². The lowest BCUT2D eigenvalue weighted by atomic mass is 9.86. The molecule has 0 aromatic heterocycles. The molecule has 0 radical (unpaired) electrons. The van der Waals surface area contributed by atoms with Crippen LogP contribution >= 0.6 is 0 Å². The highest BCUT2D eigenvalue weighted by Crippen LogP contribution is 2.43. The minimum atomic E-state index is 0.268. The van der Waals surface area contributed by atoms with Gasteiger partial charge in [0, 0.05) is 25.7 Å². The molecule has 0 N–H and O–H groups in total. The Kier molecular flexibility index (Phi) is 15.8. The molecule has 8 heteroatoms. The number of methoxy groups -OCH3 is 4. The molecule has 8 aromatic carbocycles.